The van der Waals surface area contributed by atoms with Gasteiger partial charge in [-0.05, 0) is 36.6 Å². The Morgan fingerprint density at radius 3 is 2.50 bits per heavy atom. The van der Waals surface area contributed by atoms with Gasteiger partial charge < -0.3 is 15.1 Å². The highest BCUT2D eigenvalue weighted by atomic mass is 16.3. The lowest BCUT2D eigenvalue weighted by molar-refractivity contribution is 0.359. The quantitative estimate of drug-likeness (QED) is 0.685. The van der Waals surface area contributed by atoms with E-state index in [4.69, 9.17) is 9.68 Å². The van der Waals surface area contributed by atoms with E-state index < -0.39 is 10.9 Å². The molecule has 0 amide bonds. The minimum Gasteiger partial charge on any atom is -0.459 e. The molecule has 0 bridgehead atoms. The highest BCUT2D eigenvalue weighted by molar-refractivity contribution is 5.80. The van der Waals surface area contributed by atoms with E-state index in [1.165, 1.54) is 0 Å². The Hall–Kier alpha value is -3.07. The summed E-state index contributed by atoms with van der Waals surface area (Å²) in [6.45, 7) is 8.44. The number of hydrogen-bond acceptors (Lipinski definition) is 6. The summed E-state index contributed by atoms with van der Waals surface area (Å²) in [6.07, 6.45) is 0. The second kappa shape index (κ2) is 6.34. The lowest BCUT2D eigenvalue weighted by Crippen LogP contribution is -2.41. The van der Waals surface area contributed by atoms with Gasteiger partial charge in [-0.2, -0.15) is 5.26 Å². The van der Waals surface area contributed by atoms with Crippen molar-refractivity contribution < 1.29 is 4.42 Å². The van der Waals surface area contributed by atoms with Crippen LogP contribution in [0.2, 0.25) is 0 Å². The van der Waals surface area contributed by atoms with Gasteiger partial charge in [0.05, 0.1) is 18.2 Å². The van der Waals surface area contributed by atoms with Crippen molar-refractivity contribution in [3.8, 4) is 6.07 Å². The molecule has 0 saturated heterocycles. The number of benzene rings is 1. The van der Waals surface area contributed by atoms with Crippen LogP contribution in [0, 0.1) is 16.7 Å². The number of rotatable bonds is 5. The van der Waals surface area contributed by atoms with Gasteiger partial charge >= 0.3 is 0 Å². The van der Waals surface area contributed by atoms with Crippen LogP contribution in [0.4, 0.5) is 11.4 Å². The fourth-order valence-corrected chi connectivity index (χ4v) is 2.56. The van der Waals surface area contributed by atoms with Crippen molar-refractivity contribution in [1.82, 2.24) is 0 Å². The number of nitrogens with zero attached hydrogens (tertiary/aromatic N) is 1. The SMILES string of the molecule is CC(Nc1c(NCc2cc3cc(C#N)ccc3o2)c(=O)c1=O)C(C)(C)C. The summed E-state index contributed by atoms with van der Waals surface area (Å²) in [5.74, 6) is 0.623. The van der Waals surface area contributed by atoms with E-state index in [1.54, 1.807) is 18.2 Å². The fraction of sp³-hybridized carbons (Fsp3) is 0.350. The van der Waals surface area contributed by atoms with Crippen molar-refractivity contribution in [3.05, 3.63) is 56.0 Å². The highest BCUT2D eigenvalue weighted by Crippen LogP contribution is 2.26. The van der Waals surface area contributed by atoms with E-state index in [0.29, 0.717) is 28.3 Å². The minimum atomic E-state index is -0.517. The molecule has 0 radical (unpaired) electrons. The predicted octanol–water partition coefficient (Wildman–Crippen LogP) is 3.36. The molecule has 6 nitrogen and oxygen atoms in total. The number of nitrogens with one attached hydrogen (secondary N) is 2. The van der Waals surface area contributed by atoms with Crippen molar-refractivity contribution in [1.29, 1.82) is 5.26 Å². The molecule has 1 aromatic heterocycles. The molecule has 6 heteroatoms. The first kappa shape index (κ1) is 17.7. The minimum absolute atomic E-state index is 0.0296. The van der Waals surface area contributed by atoms with Gasteiger partial charge in [0, 0.05) is 11.4 Å². The second-order valence-corrected chi connectivity index (χ2v) is 7.57. The first-order valence-corrected chi connectivity index (χ1v) is 8.47. The third-order valence-corrected chi connectivity index (χ3v) is 4.71. The standard InChI is InChI=1S/C20H21N3O3/c1-11(20(2,3)4)23-17-16(18(24)19(17)25)22-10-14-8-13-7-12(9-21)5-6-15(13)26-14/h5-8,11,22-23H,10H2,1-4H3. The van der Waals surface area contributed by atoms with Gasteiger partial charge in [0.2, 0.25) is 0 Å². The predicted molar refractivity (Wildman–Crippen MR) is 102 cm³/mol. The molecule has 0 aliphatic rings. The van der Waals surface area contributed by atoms with Crippen LogP contribution in [-0.4, -0.2) is 6.04 Å². The molecule has 1 atom stereocenters. The first-order chi connectivity index (χ1) is 12.2. The maximum Gasteiger partial charge on any atom is 0.253 e. The number of hydrogen-bond donors (Lipinski definition) is 2. The second-order valence-electron chi connectivity index (χ2n) is 7.57. The van der Waals surface area contributed by atoms with Gasteiger partial charge in [0.25, 0.3) is 10.9 Å². The molecule has 2 aromatic carbocycles. The molecule has 0 aliphatic heterocycles. The first-order valence-electron chi connectivity index (χ1n) is 8.47. The molecule has 0 aliphatic carbocycles. The summed E-state index contributed by atoms with van der Waals surface area (Å²) >= 11 is 0. The summed E-state index contributed by atoms with van der Waals surface area (Å²) in [4.78, 5) is 23.8. The van der Waals surface area contributed by atoms with Crippen LogP contribution in [0.15, 0.2) is 38.3 Å². The van der Waals surface area contributed by atoms with E-state index in [2.05, 4.69) is 37.5 Å². The highest BCUT2D eigenvalue weighted by Gasteiger charge is 2.26. The van der Waals surface area contributed by atoms with Gasteiger partial charge in [0.15, 0.2) is 0 Å². The Morgan fingerprint density at radius 2 is 1.85 bits per heavy atom. The summed E-state index contributed by atoms with van der Waals surface area (Å²) < 4.78 is 5.71. The average Bonchev–Trinajstić information content (AvgIpc) is 3.01. The van der Waals surface area contributed by atoms with Crippen molar-refractivity contribution >= 4 is 22.3 Å². The topological polar surface area (TPSA) is 95.1 Å². The monoisotopic (exact) mass is 351 g/mol. The van der Waals surface area contributed by atoms with Gasteiger partial charge in [-0.25, -0.2) is 0 Å². The fourth-order valence-electron chi connectivity index (χ4n) is 2.56. The number of fused-ring (bicyclic) bond motifs is 1. The van der Waals surface area contributed by atoms with E-state index >= 15 is 0 Å². The molecule has 0 spiro atoms. The molecule has 134 valence electrons. The van der Waals surface area contributed by atoms with Crippen LogP contribution in [-0.2, 0) is 6.54 Å². The largest absolute Gasteiger partial charge is 0.459 e. The average molecular weight is 351 g/mol. The van der Waals surface area contributed by atoms with Crippen molar-refractivity contribution in [3.63, 3.8) is 0 Å². The zero-order chi connectivity index (χ0) is 19.1. The Morgan fingerprint density at radius 1 is 1.15 bits per heavy atom. The van der Waals surface area contributed by atoms with Crippen LogP contribution in [0.5, 0.6) is 0 Å². The van der Waals surface area contributed by atoms with Crippen LogP contribution >= 0.6 is 0 Å². The number of furan rings is 1. The molecular weight excluding hydrogens is 330 g/mol. The molecular formula is C20H21N3O3. The number of anilines is 2. The zero-order valence-corrected chi connectivity index (χ0v) is 15.3. The Labute approximate surface area is 151 Å². The van der Waals surface area contributed by atoms with E-state index in [0.717, 1.165) is 5.39 Å². The van der Waals surface area contributed by atoms with Crippen molar-refractivity contribution in [2.45, 2.75) is 40.3 Å². The molecule has 0 fully saturated rings. The van der Waals surface area contributed by atoms with Gasteiger partial charge in [-0.15, -0.1) is 0 Å². The maximum absolute atomic E-state index is 11.9. The van der Waals surface area contributed by atoms with Crippen LogP contribution in [0.1, 0.15) is 39.0 Å². The summed E-state index contributed by atoms with van der Waals surface area (Å²) in [7, 11) is 0. The van der Waals surface area contributed by atoms with Crippen molar-refractivity contribution in [2.75, 3.05) is 10.6 Å². The molecule has 3 rings (SSSR count). The number of nitriles is 1. The Balaban J connectivity index is 1.77. The molecule has 3 aromatic rings. The van der Waals surface area contributed by atoms with Gasteiger partial charge in [0.1, 0.15) is 22.7 Å². The van der Waals surface area contributed by atoms with Crippen LogP contribution in [0.25, 0.3) is 11.0 Å². The normalized spacial score (nSPS) is 12.9. The van der Waals surface area contributed by atoms with Gasteiger partial charge in [-0.1, -0.05) is 20.8 Å². The third-order valence-electron chi connectivity index (χ3n) is 4.71. The van der Waals surface area contributed by atoms with Crippen LogP contribution in [0.3, 0.4) is 0 Å². The van der Waals surface area contributed by atoms with E-state index in [9.17, 15) is 9.59 Å². The molecule has 1 unspecified atom stereocenters. The van der Waals surface area contributed by atoms with E-state index in [1.807, 2.05) is 13.0 Å². The summed E-state index contributed by atoms with van der Waals surface area (Å²) in [5.41, 5.74) is 0.801. The maximum atomic E-state index is 11.9. The van der Waals surface area contributed by atoms with Crippen LogP contribution < -0.4 is 21.5 Å². The van der Waals surface area contributed by atoms with Crippen molar-refractivity contribution in [2.24, 2.45) is 5.41 Å². The lowest BCUT2D eigenvalue weighted by Gasteiger charge is -2.30. The molecule has 0 saturated carbocycles. The summed E-state index contributed by atoms with van der Waals surface area (Å²) in [5, 5.41) is 15.9. The Kier molecular flexibility index (Phi) is 4.33. The third kappa shape index (κ3) is 3.21. The smallest absolute Gasteiger partial charge is 0.253 e. The molecule has 1 heterocycles. The van der Waals surface area contributed by atoms with Gasteiger partial charge in [-0.3, -0.25) is 9.59 Å². The zero-order valence-electron chi connectivity index (χ0n) is 15.3. The molecule has 2 N–H and O–H groups in total. The van der Waals surface area contributed by atoms with E-state index in [-0.39, 0.29) is 18.0 Å². The lowest BCUT2D eigenvalue weighted by atomic mass is 9.87. The molecule has 26 heavy (non-hydrogen) atoms. The Bertz CT molecular complexity index is 1070. The summed E-state index contributed by atoms with van der Waals surface area (Å²) in [6, 6.07) is 9.12.